The van der Waals surface area contributed by atoms with Crippen molar-refractivity contribution >= 4 is 0 Å². The van der Waals surface area contributed by atoms with E-state index in [1.165, 1.54) is 63.5 Å². The summed E-state index contributed by atoms with van der Waals surface area (Å²) in [5, 5.41) is 0. The summed E-state index contributed by atoms with van der Waals surface area (Å²) >= 11 is 0. The van der Waals surface area contributed by atoms with Gasteiger partial charge in [-0.25, -0.2) is 0 Å². The van der Waals surface area contributed by atoms with Crippen molar-refractivity contribution in [3.8, 4) is 5.75 Å². The van der Waals surface area contributed by atoms with Crippen molar-refractivity contribution in [3.63, 3.8) is 0 Å². The average molecular weight is 337 g/mol. The molecule has 1 aromatic carbocycles. The fourth-order valence-electron chi connectivity index (χ4n) is 2.87. The Hall–Kier alpha value is -1.06. The molecule has 0 atom stereocenters. The molecule has 0 saturated carbocycles. The number of hydrogen-bond acceptors (Lipinski definition) is 2. The Labute approximate surface area is 149 Å². The summed E-state index contributed by atoms with van der Waals surface area (Å²) < 4.78 is 12.0. The van der Waals surface area contributed by atoms with Gasteiger partial charge in [0, 0.05) is 0 Å². The van der Waals surface area contributed by atoms with Crippen molar-refractivity contribution in [2.24, 2.45) is 0 Å². The molecule has 0 aromatic heterocycles. The van der Waals surface area contributed by atoms with Gasteiger partial charge < -0.3 is 14.0 Å². The minimum atomic E-state index is 0.670. The third-order valence-corrected chi connectivity index (χ3v) is 4.49. The summed E-state index contributed by atoms with van der Waals surface area (Å²) in [7, 11) is 6.21. The topological polar surface area (TPSA) is 18.5 Å². The molecule has 0 N–H and O–H groups in total. The van der Waals surface area contributed by atoms with Crippen molar-refractivity contribution in [2.45, 2.75) is 64.9 Å². The Morgan fingerprint density at radius 3 is 2.00 bits per heavy atom. The van der Waals surface area contributed by atoms with Crippen molar-refractivity contribution in [3.05, 3.63) is 29.8 Å². The molecule has 1 rings (SSSR count). The quantitative estimate of drug-likeness (QED) is 0.258. The van der Waals surface area contributed by atoms with E-state index in [0.29, 0.717) is 6.61 Å². The van der Waals surface area contributed by atoms with E-state index >= 15 is 0 Å². The van der Waals surface area contributed by atoms with E-state index in [-0.39, 0.29) is 0 Å². The van der Waals surface area contributed by atoms with Crippen molar-refractivity contribution in [1.82, 2.24) is 0 Å². The molecule has 0 spiro atoms. The standard InChI is InChI=1S/C21H38NO2/c1-5-6-7-8-9-10-11-12-17-22(2,3)19-24-18-20-13-15-21(23-4)16-14-20/h13-16H,5-12,17-19H2,1-4H3/q+1. The Balaban J connectivity index is 2.08. The first-order valence-electron chi connectivity index (χ1n) is 9.60. The van der Waals surface area contributed by atoms with Crippen LogP contribution >= 0.6 is 0 Å². The summed E-state index contributed by atoms with van der Waals surface area (Å²) in [6.07, 6.45) is 11.0. The second-order valence-corrected chi connectivity index (χ2v) is 7.46. The van der Waals surface area contributed by atoms with Crippen LogP contribution in [0.5, 0.6) is 5.75 Å². The van der Waals surface area contributed by atoms with Gasteiger partial charge in [0.1, 0.15) is 5.75 Å². The van der Waals surface area contributed by atoms with Gasteiger partial charge in [-0.1, -0.05) is 57.6 Å². The SMILES string of the molecule is CCCCCCCCCC[N+](C)(C)COCc1ccc(OC)cc1. The molecule has 0 heterocycles. The van der Waals surface area contributed by atoms with E-state index in [1.807, 2.05) is 12.1 Å². The lowest BCUT2D eigenvalue weighted by Crippen LogP contribution is -2.42. The smallest absolute Gasteiger partial charge is 0.183 e. The highest BCUT2D eigenvalue weighted by Crippen LogP contribution is 2.13. The lowest BCUT2D eigenvalue weighted by atomic mass is 10.1. The van der Waals surface area contributed by atoms with E-state index in [9.17, 15) is 0 Å². The minimum Gasteiger partial charge on any atom is -0.497 e. The molecule has 138 valence electrons. The van der Waals surface area contributed by atoms with Crippen LogP contribution in [0.4, 0.5) is 0 Å². The monoisotopic (exact) mass is 336 g/mol. The molecule has 1 aromatic rings. The summed E-state index contributed by atoms with van der Waals surface area (Å²) in [5.74, 6) is 0.893. The highest BCUT2D eigenvalue weighted by Gasteiger charge is 2.14. The second-order valence-electron chi connectivity index (χ2n) is 7.46. The Bertz CT molecular complexity index is 414. The molecule has 3 nitrogen and oxygen atoms in total. The average Bonchev–Trinajstić information content (AvgIpc) is 2.58. The zero-order valence-electron chi connectivity index (χ0n) is 16.4. The van der Waals surface area contributed by atoms with Crippen LogP contribution in [0.1, 0.15) is 63.9 Å². The van der Waals surface area contributed by atoms with E-state index in [2.05, 4.69) is 33.2 Å². The fraction of sp³-hybridized carbons (Fsp3) is 0.714. The highest BCUT2D eigenvalue weighted by atomic mass is 16.5. The highest BCUT2D eigenvalue weighted by molar-refractivity contribution is 5.26. The lowest BCUT2D eigenvalue weighted by Gasteiger charge is -2.29. The van der Waals surface area contributed by atoms with Gasteiger partial charge in [-0.3, -0.25) is 0 Å². The van der Waals surface area contributed by atoms with Crippen LogP contribution in [-0.4, -0.2) is 39.0 Å². The van der Waals surface area contributed by atoms with Gasteiger partial charge in [-0.05, 0) is 30.5 Å². The predicted molar refractivity (Wildman–Crippen MR) is 102 cm³/mol. The number of nitrogens with zero attached hydrogens (tertiary/aromatic N) is 1. The molecule has 0 bridgehead atoms. The fourth-order valence-corrected chi connectivity index (χ4v) is 2.87. The first-order valence-corrected chi connectivity index (χ1v) is 9.60. The van der Waals surface area contributed by atoms with Gasteiger partial charge in [0.25, 0.3) is 0 Å². The number of hydrogen-bond donors (Lipinski definition) is 0. The number of ether oxygens (including phenoxy) is 2. The van der Waals surface area contributed by atoms with Gasteiger partial charge in [-0.15, -0.1) is 0 Å². The molecule has 0 fully saturated rings. The largest absolute Gasteiger partial charge is 0.497 e. The van der Waals surface area contributed by atoms with Crippen molar-refractivity contribution in [1.29, 1.82) is 0 Å². The van der Waals surface area contributed by atoms with E-state index in [0.717, 1.165) is 17.0 Å². The summed E-state index contributed by atoms with van der Waals surface area (Å²) in [6.45, 7) is 4.90. The van der Waals surface area contributed by atoms with Crippen LogP contribution < -0.4 is 4.74 Å². The van der Waals surface area contributed by atoms with E-state index < -0.39 is 0 Å². The van der Waals surface area contributed by atoms with E-state index in [4.69, 9.17) is 9.47 Å². The minimum absolute atomic E-state index is 0.670. The molecule has 0 saturated heterocycles. The lowest BCUT2D eigenvalue weighted by molar-refractivity contribution is -0.910. The summed E-state index contributed by atoms with van der Waals surface area (Å²) in [4.78, 5) is 0. The number of rotatable bonds is 14. The zero-order chi connectivity index (χ0) is 17.7. The number of unbranched alkanes of at least 4 members (excludes halogenated alkanes) is 7. The molecular weight excluding hydrogens is 298 g/mol. The van der Waals surface area contributed by atoms with Gasteiger partial charge in [-0.2, -0.15) is 0 Å². The molecule has 0 amide bonds. The van der Waals surface area contributed by atoms with Crippen LogP contribution in [0, 0.1) is 0 Å². The van der Waals surface area contributed by atoms with Crippen molar-refractivity contribution < 1.29 is 14.0 Å². The van der Waals surface area contributed by atoms with Crippen LogP contribution in [0.25, 0.3) is 0 Å². The molecule has 24 heavy (non-hydrogen) atoms. The number of quaternary nitrogens is 1. The third-order valence-electron chi connectivity index (χ3n) is 4.49. The zero-order valence-corrected chi connectivity index (χ0v) is 16.4. The number of methoxy groups -OCH3 is 1. The van der Waals surface area contributed by atoms with Gasteiger partial charge >= 0.3 is 0 Å². The van der Waals surface area contributed by atoms with Crippen LogP contribution in [0.15, 0.2) is 24.3 Å². The molecule has 0 aliphatic rings. The summed E-state index contributed by atoms with van der Waals surface area (Å²) in [5.41, 5.74) is 1.20. The molecule has 0 aliphatic carbocycles. The maximum atomic E-state index is 5.91. The van der Waals surface area contributed by atoms with Gasteiger partial charge in [0.15, 0.2) is 6.73 Å². The van der Waals surface area contributed by atoms with Crippen LogP contribution in [-0.2, 0) is 11.3 Å². The van der Waals surface area contributed by atoms with Gasteiger partial charge in [0.2, 0.25) is 0 Å². The maximum Gasteiger partial charge on any atom is 0.183 e. The Kier molecular flexibility index (Phi) is 10.8. The molecule has 3 heteroatoms. The van der Waals surface area contributed by atoms with E-state index in [1.54, 1.807) is 7.11 Å². The second kappa shape index (κ2) is 12.3. The third kappa shape index (κ3) is 9.94. The molecule has 0 aliphatic heterocycles. The van der Waals surface area contributed by atoms with Gasteiger partial charge in [0.05, 0.1) is 34.4 Å². The normalized spacial score (nSPS) is 11.7. The maximum absolute atomic E-state index is 5.91. The number of benzene rings is 1. The van der Waals surface area contributed by atoms with Crippen LogP contribution in [0.3, 0.4) is 0 Å². The molecule has 0 unspecified atom stereocenters. The van der Waals surface area contributed by atoms with Crippen molar-refractivity contribution in [2.75, 3.05) is 34.5 Å². The van der Waals surface area contributed by atoms with Crippen LogP contribution in [0.2, 0.25) is 0 Å². The first kappa shape index (κ1) is 21.0. The summed E-state index contributed by atoms with van der Waals surface area (Å²) in [6, 6.07) is 8.10. The Morgan fingerprint density at radius 2 is 1.42 bits per heavy atom. The molecule has 0 radical (unpaired) electrons. The first-order chi connectivity index (χ1) is 11.6. The predicted octanol–water partition coefficient (Wildman–Crippen LogP) is 5.39. The Morgan fingerprint density at radius 1 is 0.833 bits per heavy atom. The molecular formula is C21H38NO2+.